The van der Waals surface area contributed by atoms with Crippen molar-refractivity contribution in [2.24, 2.45) is 0 Å². The van der Waals surface area contributed by atoms with Crippen LogP contribution in [0.1, 0.15) is 49.9 Å². The number of fused-ring (bicyclic) bond motifs is 9. The standard InChI is InChI=1S/C54H42N2O/c1-53(2)43-26-13-11-23-41(43)50-45(53)27-17-28-46(50)56(36-20-9-6-10-21-36)47-29-15-24-39-42-34-37(32-33-44(42)54(3,4)51(39)47)55(35-18-7-5-8-19-35)48-30-16-25-40-38-22-12-14-31-49(38)57-52(40)48/h5-34H,1-4H3. The molecule has 0 N–H and O–H groups in total. The van der Waals surface area contributed by atoms with E-state index in [9.17, 15) is 0 Å². The number of benzene rings is 8. The molecule has 2 aliphatic carbocycles. The molecule has 9 aromatic rings. The largest absolute Gasteiger partial charge is 0.454 e. The SMILES string of the molecule is CC1(C)c2ccccc2-c2c(N(c3ccccc3)c3cccc4c3C(C)(C)c3ccc(N(c5ccccc5)c5cccc6c5oc5ccccc56)cc3-4)cccc21. The molecule has 2 aliphatic rings. The number of furan rings is 1. The predicted molar refractivity (Wildman–Crippen MR) is 238 cm³/mol. The maximum atomic E-state index is 6.63. The molecule has 0 saturated carbocycles. The molecule has 0 atom stereocenters. The molecule has 3 heteroatoms. The number of anilines is 6. The molecule has 0 amide bonds. The van der Waals surface area contributed by atoms with Crippen molar-refractivity contribution in [3.8, 4) is 22.3 Å². The Morgan fingerprint density at radius 3 is 1.77 bits per heavy atom. The first kappa shape index (κ1) is 33.5. The van der Waals surface area contributed by atoms with Crippen molar-refractivity contribution in [1.29, 1.82) is 0 Å². The fourth-order valence-electron chi connectivity index (χ4n) is 10.0. The highest BCUT2D eigenvalue weighted by molar-refractivity contribution is 6.10. The fourth-order valence-corrected chi connectivity index (χ4v) is 10.0. The number of para-hydroxylation sites is 4. The van der Waals surface area contributed by atoms with Crippen molar-refractivity contribution < 1.29 is 4.42 Å². The van der Waals surface area contributed by atoms with E-state index in [1.807, 2.05) is 6.07 Å². The van der Waals surface area contributed by atoms with Crippen molar-refractivity contribution >= 4 is 56.1 Å². The molecular weight excluding hydrogens is 693 g/mol. The maximum absolute atomic E-state index is 6.63. The van der Waals surface area contributed by atoms with Crippen LogP contribution in [0.15, 0.2) is 186 Å². The van der Waals surface area contributed by atoms with E-state index in [-0.39, 0.29) is 10.8 Å². The molecule has 0 saturated heterocycles. The summed E-state index contributed by atoms with van der Waals surface area (Å²) in [7, 11) is 0. The molecule has 57 heavy (non-hydrogen) atoms. The lowest BCUT2D eigenvalue weighted by molar-refractivity contribution is 0.659. The Morgan fingerprint density at radius 1 is 0.386 bits per heavy atom. The summed E-state index contributed by atoms with van der Waals surface area (Å²) in [4.78, 5) is 4.87. The number of rotatable bonds is 6. The van der Waals surface area contributed by atoms with E-state index in [2.05, 4.69) is 213 Å². The van der Waals surface area contributed by atoms with E-state index in [0.717, 1.165) is 44.7 Å². The summed E-state index contributed by atoms with van der Waals surface area (Å²) in [5, 5.41) is 2.24. The number of hydrogen-bond acceptors (Lipinski definition) is 3. The lowest BCUT2D eigenvalue weighted by atomic mass is 9.81. The van der Waals surface area contributed by atoms with E-state index < -0.39 is 0 Å². The third-order valence-corrected chi connectivity index (χ3v) is 12.6. The molecule has 274 valence electrons. The average molecular weight is 735 g/mol. The van der Waals surface area contributed by atoms with Crippen LogP contribution in [-0.4, -0.2) is 0 Å². The van der Waals surface area contributed by atoms with Gasteiger partial charge in [0.25, 0.3) is 0 Å². The van der Waals surface area contributed by atoms with Gasteiger partial charge in [0, 0.05) is 44.2 Å². The molecule has 1 aromatic heterocycles. The van der Waals surface area contributed by atoms with Gasteiger partial charge in [-0.3, -0.25) is 0 Å². The second-order valence-corrected chi connectivity index (χ2v) is 16.5. The molecule has 8 aromatic carbocycles. The van der Waals surface area contributed by atoms with Crippen molar-refractivity contribution in [2.45, 2.75) is 38.5 Å². The molecule has 0 radical (unpaired) electrons. The first-order chi connectivity index (χ1) is 27.8. The van der Waals surface area contributed by atoms with E-state index in [4.69, 9.17) is 4.42 Å². The second kappa shape index (κ2) is 12.3. The fraction of sp³-hybridized carbons (Fsp3) is 0.111. The second-order valence-electron chi connectivity index (χ2n) is 16.5. The predicted octanol–water partition coefficient (Wildman–Crippen LogP) is 15.1. The van der Waals surface area contributed by atoms with Gasteiger partial charge >= 0.3 is 0 Å². The molecule has 1 heterocycles. The Morgan fingerprint density at radius 2 is 0.965 bits per heavy atom. The van der Waals surface area contributed by atoms with Crippen molar-refractivity contribution in [3.63, 3.8) is 0 Å². The zero-order chi connectivity index (χ0) is 38.5. The van der Waals surface area contributed by atoms with Crippen molar-refractivity contribution in [3.05, 3.63) is 204 Å². The highest BCUT2D eigenvalue weighted by Gasteiger charge is 2.42. The summed E-state index contributed by atoms with van der Waals surface area (Å²) in [6.45, 7) is 9.50. The minimum atomic E-state index is -0.279. The molecular formula is C54H42N2O. The molecule has 0 spiro atoms. The average Bonchev–Trinajstić information content (AvgIpc) is 3.83. The van der Waals surface area contributed by atoms with Crippen molar-refractivity contribution in [1.82, 2.24) is 0 Å². The summed E-state index contributed by atoms with van der Waals surface area (Å²) >= 11 is 0. The Labute approximate surface area is 334 Å². The first-order valence-electron chi connectivity index (χ1n) is 19.9. The quantitative estimate of drug-likeness (QED) is 0.170. The normalized spacial score (nSPS) is 14.2. The van der Waals surface area contributed by atoms with E-state index in [1.165, 1.54) is 55.9 Å². The molecule has 0 aliphatic heterocycles. The van der Waals surface area contributed by atoms with Crippen LogP contribution >= 0.6 is 0 Å². The monoisotopic (exact) mass is 734 g/mol. The van der Waals surface area contributed by atoms with E-state index in [0.29, 0.717) is 0 Å². The molecule has 0 fully saturated rings. The third kappa shape index (κ3) is 4.85. The topological polar surface area (TPSA) is 19.6 Å². The Bertz CT molecular complexity index is 3030. The zero-order valence-electron chi connectivity index (χ0n) is 32.6. The third-order valence-electron chi connectivity index (χ3n) is 12.6. The summed E-state index contributed by atoms with van der Waals surface area (Å²) in [5.41, 5.74) is 18.6. The van der Waals surface area contributed by atoms with Gasteiger partial charge in [0.15, 0.2) is 5.58 Å². The molecule has 11 rings (SSSR count). The van der Waals surface area contributed by atoms with Crippen LogP contribution in [0.3, 0.4) is 0 Å². The van der Waals surface area contributed by atoms with Gasteiger partial charge in [-0.05, 0) is 99.6 Å². The number of nitrogens with zero attached hydrogens (tertiary/aromatic N) is 2. The van der Waals surface area contributed by atoms with Crippen LogP contribution in [0.5, 0.6) is 0 Å². The van der Waals surface area contributed by atoms with Gasteiger partial charge in [0.1, 0.15) is 5.58 Å². The van der Waals surface area contributed by atoms with Gasteiger partial charge in [0.05, 0.1) is 17.1 Å². The van der Waals surface area contributed by atoms with Crippen LogP contribution in [0.25, 0.3) is 44.2 Å². The maximum Gasteiger partial charge on any atom is 0.159 e. The lowest BCUT2D eigenvalue weighted by Crippen LogP contribution is -2.21. The summed E-state index contributed by atoms with van der Waals surface area (Å²) in [6.07, 6.45) is 0. The highest BCUT2D eigenvalue weighted by atomic mass is 16.3. The van der Waals surface area contributed by atoms with Gasteiger partial charge in [-0.1, -0.05) is 149 Å². The number of hydrogen-bond donors (Lipinski definition) is 0. The Hall–Kier alpha value is -6.84. The molecule has 3 nitrogen and oxygen atoms in total. The Kier molecular flexibility index (Phi) is 7.25. The Balaban J connectivity index is 1.13. The van der Waals surface area contributed by atoms with Crippen LogP contribution in [0.4, 0.5) is 34.1 Å². The summed E-state index contributed by atoms with van der Waals surface area (Å²) < 4.78 is 6.63. The van der Waals surface area contributed by atoms with Gasteiger partial charge in [-0.15, -0.1) is 0 Å². The van der Waals surface area contributed by atoms with Gasteiger partial charge in [-0.2, -0.15) is 0 Å². The van der Waals surface area contributed by atoms with Gasteiger partial charge in [-0.25, -0.2) is 0 Å². The summed E-state index contributed by atoms with van der Waals surface area (Å²) in [5.74, 6) is 0. The van der Waals surface area contributed by atoms with E-state index >= 15 is 0 Å². The van der Waals surface area contributed by atoms with Crippen LogP contribution in [0.2, 0.25) is 0 Å². The minimum Gasteiger partial charge on any atom is -0.454 e. The smallest absolute Gasteiger partial charge is 0.159 e. The zero-order valence-corrected chi connectivity index (χ0v) is 32.6. The minimum absolute atomic E-state index is 0.105. The van der Waals surface area contributed by atoms with Crippen LogP contribution in [0, 0.1) is 0 Å². The summed E-state index contributed by atoms with van der Waals surface area (Å²) in [6, 6.07) is 66.1. The van der Waals surface area contributed by atoms with Crippen LogP contribution < -0.4 is 9.80 Å². The first-order valence-corrected chi connectivity index (χ1v) is 19.9. The van der Waals surface area contributed by atoms with Crippen LogP contribution in [-0.2, 0) is 10.8 Å². The lowest BCUT2D eigenvalue weighted by Gasteiger charge is -2.33. The van der Waals surface area contributed by atoms with Crippen molar-refractivity contribution in [2.75, 3.05) is 9.80 Å². The molecule has 0 unspecified atom stereocenters. The van der Waals surface area contributed by atoms with Gasteiger partial charge < -0.3 is 14.2 Å². The molecule has 0 bridgehead atoms. The van der Waals surface area contributed by atoms with E-state index in [1.54, 1.807) is 0 Å². The van der Waals surface area contributed by atoms with Gasteiger partial charge in [0.2, 0.25) is 0 Å². The highest BCUT2D eigenvalue weighted by Crippen LogP contribution is 2.58.